The van der Waals surface area contributed by atoms with Gasteiger partial charge >= 0.3 is 0 Å². The molecule has 3 aromatic heterocycles. The number of nitrogens with one attached hydrogen (secondary N) is 3. The summed E-state index contributed by atoms with van der Waals surface area (Å²) in [6.45, 7) is 16.1. The van der Waals surface area contributed by atoms with Gasteiger partial charge in [-0.15, -0.1) is 10.2 Å². The minimum absolute atomic E-state index is 0.0849. The van der Waals surface area contributed by atoms with Gasteiger partial charge in [0, 0.05) is 37.3 Å². The highest BCUT2D eigenvalue weighted by Gasteiger charge is 2.14. The second-order valence-electron chi connectivity index (χ2n) is 9.46. The van der Waals surface area contributed by atoms with Gasteiger partial charge in [0.25, 0.3) is 0 Å². The molecule has 2 amide bonds. The van der Waals surface area contributed by atoms with Crippen LogP contribution in [0.5, 0.6) is 0 Å². The number of hydrogen-bond donors (Lipinski definition) is 3. The Hall–Kier alpha value is -3.02. The fourth-order valence-corrected chi connectivity index (χ4v) is 6.67. The first kappa shape index (κ1) is 31.5. The molecular formula is C29H38N6O2S3. The van der Waals surface area contributed by atoms with Crippen molar-refractivity contribution >= 4 is 57.9 Å². The molecule has 3 N–H and O–H groups in total. The Morgan fingerprint density at radius 3 is 2.58 bits per heavy atom. The average Bonchev–Trinajstić information content (AvgIpc) is 3.54. The van der Waals surface area contributed by atoms with E-state index in [-0.39, 0.29) is 11.8 Å². The van der Waals surface area contributed by atoms with Crippen LogP contribution in [-0.2, 0) is 35.9 Å². The van der Waals surface area contributed by atoms with Crippen LogP contribution in [0.15, 0.2) is 41.6 Å². The Balaban J connectivity index is 1.31. The number of allylic oxidation sites excluding steroid dienone is 2. The van der Waals surface area contributed by atoms with Crippen molar-refractivity contribution in [3.63, 3.8) is 0 Å². The summed E-state index contributed by atoms with van der Waals surface area (Å²) in [5, 5.41) is 16.1. The quantitative estimate of drug-likeness (QED) is 0.183. The molecule has 8 nitrogen and oxygen atoms in total. The van der Waals surface area contributed by atoms with Gasteiger partial charge in [-0.1, -0.05) is 48.4 Å². The fourth-order valence-electron chi connectivity index (χ4n) is 4.01. The molecule has 3 rings (SSSR count). The molecule has 0 aliphatic rings. The SMILES string of the molecule is C=C(CCSCCc1nnc(NC(=O)Cc2c[nH]c(C)c2C)s1)SC(=C)NC(=O)Cc1cn(C)c(C)c1/C=C\C. The van der Waals surface area contributed by atoms with Gasteiger partial charge in [0.2, 0.25) is 16.9 Å². The highest BCUT2D eigenvalue weighted by Crippen LogP contribution is 2.26. The topological polar surface area (TPSA) is 105 Å². The molecule has 3 aromatic rings. The van der Waals surface area contributed by atoms with Gasteiger partial charge in [-0.3, -0.25) is 9.59 Å². The lowest BCUT2D eigenvalue weighted by Gasteiger charge is -2.10. The number of carbonyl (C=O) groups excluding carboxylic acids is 2. The van der Waals surface area contributed by atoms with Gasteiger partial charge in [0.1, 0.15) is 5.01 Å². The normalized spacial score (nSPS) is 11.2. The summed E-state index contributed by atoms with van der Waals surface area (Å²) in [5.74, 6) is 1.62. The molecule has 0 spiro atoms. The van der Waals surface area contributed by atoms with Gasteiger partial charge < -0.3 is 20.2 Å². The highest BCUT2D eigenvalue weighted by atomic mass is 32.2. The molecule has 0 radical (unpaired) electrons. The van der Waals surface area contributed by atoms with Crippen molar-refractivity contribution in [2.45, 2.75) is 53.4 Å². The number of aromatic amines is 1. The Morgan fingerprint density at radius 1 is 1.12 bits per heavy atom. The average molecular weight is 599 g/mol. The summed E-state index contributed by atoms with van der Waals surface area (Å²) in [4.78, 5) is 29.0. The van der Waals surface area contributed by atoms with Gasteiger partial charge in [-0.2, -0.15) is 11.8 Å². The van der Waals surface area contributed by atoms with E-state index in [9.17, 15) is 9.59 Å². The Morgan fingerprint density at radius 2 is 1.88 bits per heavy atom. The summed E-state index contributed by atoms with van der Waals surface area (Å²) < 4.78 is 2.04. The largest absolute Gasteiger partial charge is 0.365 e. The van der Waals surface area contributed by atoms with E-state index in [1.807, 2.05) is 63.9 Å². The lowest BCUT2D eigenvalue weighted by molar-refractivity contribution is -0.119. The maximum absolute atomic E-state index is 12.6. The molecule has 3 heterocycles. The van der Waals surface area contributed by atoms with E-state index in [0.717, 1.165) is 67.9 Å². The summed E-state index contributed by atoms with van der Waals surface area (Å²) in [6, 6.07) is 0. The number of amides is 2. The number of anilines is 1. The van der Waals surface area contributed by atoms with Crippen LogP contribution in [0.25, 0.3) is 6.08 Å². The maximum Gasteiger partial charge on any atom is 0.230 e. The molecule has 0 bridgehead atoms. The van der Waals surface area contributed by atoms with E-state index in [2.05, 4.69) is 39.0 Å². The monoisotopic (exact) mass is 598 g/mol. The van der Waals surface area contributed by atoms with Crippen LogP contribution < -0.4 is 10.6 Å². The highest BCUT2D eigenvalue weighted by molar-refractivity contribution is 8.06. The molecule has 0 saturated heterocycles. The first-order chi connectivity index (χ1) is 19.1. The molecule has 0 fully saturated rings. The Labute approximate surface area is 249 Å². The van der Waals surface area contributed by atoms with E-state index >= 15 is 0 Å². The molecule has 0 unspecified atom stereocenters. The van der Waals surface area contributed by atoms with Crippen molar-refractivity contribution in [1.82, 2.24) is 25.1 Å². The van der Waals surface area contributed by atoms with Gasteiger partial charge in [0.05, 0.1) is 17.9 Å². The third-order valence-corrected chi connectivity index (χ3v) is 9.13. The maximum atomic E-state index is 12.6. The van der Waals surface area contributed by atoms with Crippen LogP contribution >= 0.6 is 34.9 Å². The van der Waals surface area contributed by atoms with Crippen molar-refractivity contribution in [3.05, 3.63) is 80.2 Å². The molecule has 0 aliphatic heterocycles. The lowest BCUT2D eigenvalue weighted by Crippen LogP contribution is -2.22. The standard InChI is InChI=1S/C29H38N6O2S3/c1-8-9-25-21(5)35(7)17-24(25)15-26(36)31-22(6)39-18(2)10-12-38-13-11-28-33-34-29(40-28)32-27(37)14-23-16-30-20(4)19(23)3/h8-9,16-17,30H,2,6,10-15H2,1,3-5,7H3,(H,31,36)(H,32,34,37)/b9-8-. The van der Waals surface area contributed by atoms with E-state index < -0.39 is 0 Å². The third kappa shape index (κ3) is 9.28. The van der Waals surface area contributed by atoms with E-state index in [1.165, 1.54) is 23.1 Å². The van der Waals surface area contributed by atoms with Gasteiger partial charge in [0.15, 0.2) is 0 Å². The zero-order valence-corrected chi connectivity index (χ0v) is 26.3. The number of aromatic nitrogens is 4. The van der Waals surface area contributed by atoms with Gasteiger partial charge in [-0.25, -0.2) is 0 Å². The van der Waals surface area contributed by atoms with Crippen LogP contribution in [-0.4, -0.2) is 43.1 Å². The van der Waals surface area contributed by atoms with E-state index in [0.29, 0.717) is 23.0 Å². The van der Waals surface area contributed by atoms with Crippen LogP contribution in [0.2, 0.25) is 0 Å². The molecule has 0 aliphatic carbocycles. The van der Waals surface area contributed by atoms with Crippen LogP contribution in [0, 0.1) is 20.8 Å². The fraction of sp³-hybridized carbons (Fsp3) is 0.379. The van der Waals surface area contributed by atoms with Crippen LogP contribution in [0.4, 0.5) is 5.13 Å². The van der Waals surface area contributed by atoms with E-state index in [1.54, 1.807) is 11.8 Å². The number of aryl methyl sites for hydroxylation is 3. The first-order valence-corrected chi connectivity index (χ1v) is 15.8. The Bertz CT molecular complexity index is 1400. The molecule has 214 valence electrons. The third-order valence-electron chi connectivity index (χ3n) is 6.40. The van der Waals surface area contributed by atoms with Crippen molar-refractivity contribution in [2.75, 3.05) is 16.8 Å². The second kappa shape index (κ2) is 15.1. The van der Waals surface area contributed by atoms with Crippen molar-refractivity contribution in [3.8, 4) is 0 Å². The molecule has 11 heteroatoms. The summed E-state index contributed by atoms with van der Waals surface area (Å²) in [5.41, 5.74) is 6.39. The number of nitrogens with zero attached hydrogens (tertiary/aromatic N) is 3. The van der Waals surface area contributed by atoms with Crippen molar-refractivity contribution < 1.29 is 9.59 Å². The molecule has 0 atom stereocenters. The number of rotatable bonds is 15. The minimum Gasteiger partial charge on any atom is -0.365 e. The zero-order valence-electron chi connectivity index (χ0n) is 23.8. The Kier molecular flexibility index (Phi) is 11.9. The summed E-state index contributed by atoms with van der Waals surface area (Å²) in [6.07, 6.45) is 10.1. The molecule has 0 aromatic carbocycles. The number of carbonyl (C=O) groups is 2. The first-order valence-electron chi connectivity index (χ1n) is 13.0. The van der Waals surface area contributed by atoms with Crippen molar-refractivity contribution in [2.24, 2.45) is 7.05 Å². The smallest absolute Gasteiger partial charge is 0.230 e. The lowest BCUT2D eigenvalue weighted by atomic mass is 10.1. The minimum atomic E-state index is -0.0958. The number of thioether (sulfide) groups is 2. The number of hydrogen-bond acceptors (Lipinski definition) is 7. The van der Waals surface area contributed by atoms with Crippen molar-refractivity contribution in [1.29, 1.82) is 0 Å². The predicted octanol–water partition coefficient (Wildman–Crippen LogP) is 6.09. The van der Waals surface area contributed by atoms with E-state index in [4.69, 9.17) is 0 Å². The van der Waals surface area contributed by atoms with Crippen LogP contribution in [0.3, 0.4) is 0 Å². The zero-order chi connectivity index (χ0) is 29.2. The molecule has 0 saturated carbocycles. The summed E-state index contributed by atoms with van der Waals surface area (Å²) in [7, 11) is 1.99. The summed E-state index contributed by atoms with van der Waals surface area (Å²) >= 11 is 4.63. The molecule has 40 heavy (non-hydrogen) atoms. The predicted molar refractivity (Wildman–Crippen MR) is 171 cm³/mol. The number of H-pyrrole nitrogens is 1. The van der Waals surface area contributed by atoms with Gasteiger partial charge in [-0.05, 0) is 72.8 Å². The second-order valence-corrected chi connectivity index (χ2v) is 13.0. The van der Waals surface area contributed by atoms with Crippen LogP contribution in [0.1, 0.15) is 52.0 Å². The molecular weight excluding hydrogens is 561 g/mol.